The number of sulfonamides is 1. The van der Waals surface area contributed by atoms with Crippen molar-refractivity contribution in [1.82, 2.24) is 4.98 Å². The number of pyridine rings is 1. The number of carboxylic acids is 1. The molecule has 0 saturated carbocycles. The molecule has 1 aromatic heterocycles. The number of aromatic nitrogens is 1. The van der Waals surface area contributed by atoms with E-state index in [9.17, 15) is 13.2 Å². The van der Waals surface area contributed by atoms with Crippen LogP contribution >= 0.6 is 11.6 Å². The zero-order valence-corrected chi connectivity index (χ0v) is 12.4. The molecule has 0 atom stereocenters. The lowest BCUT2D eigenvalue weighted by atomic mass is 10.1. The summed E-state index contributed by atoms with van der Waals surface area (Å²) in [7, 11) is -3.87. The Morgan fingerprint density at radius 3 is 2.62 bits per heavy atom. The van der Waals surface area contributed by atoms with Gasteiger partial charge in [-0.25, -0.2) is 18.2 Å². The third-order valence-electron chi connectivity index (χ3n) is 2.74. The van der Waals surface area contributed by atoms with Crippen LogP contribution in [0.15, 0.2) is 41.4 Å². The third-order valence-corrected chi connectivity index (χ3v) is 4.31. The Morgan fingerprint density at radius 2 is 2.00 bits per heavy atom. The van der Waals surface area contributed by atoms with Gasteiger partial charge in [0.25, 0.3) is 10.0 Å². The van der Waals surface area contributed by atoms with Crippen molar-refractivity contribution in [2.24, 2.45) is 0 Å². The summed E-state index contributed by atoms with van der Waals surface area (Å²) in [6.07, 6.45) is 1.28. The summed E-state index contributed by atoms with van der Waals surface area (Å²) < 4.78 is 26.8. The van der Waals surface area contributed by atoms with Crippen molar-refractivity contribution in [2.45, 2.75) is 11.8 Å². The fraction of sp³-hybridized carbons (Fsp3) is 0.0769. The third kappa shape index (κ3) is 3.50. The van der Waals surface area contributed by atoms with Crippen LogP contribution in [0.1, 0.15) is 15.9 Å². The Kier molecular flexibility index (Phi) is 4.15. The number of rotatable bonds is 4. The Bertz CT molecular complexity index is 806. The van der Waals surface area contributed by atoms with Crippen molar-refractivity contribution < 1.29 is 18.3 Å². The van der Waals surface area contributed by atoms with Crippen LogP contribution in [-0.4, -0.2) is 24.5 Å². The molecule has 2 N–H and O–H groups in total. The van der Waals surface area contributed by atoms with Gasteiger partial charge in [-0.15, -0.1) is 0 Å². The predicted molar refractivity (Wildman–Crippen MR) is 78.2 cm³/mol. The molecule has 0 unspecified atom stereocenters. The van der Waals surface area contributed by atoms with Crippen LogP contribution in [0.2, 0.25) is 5.15 Å². The van der Waals surface area contributed by atoms with E-state index >= 15 is 0 Å². The summed E-state index contributed by atoms with van der Waals surface area (Å²) in [6.45, 7) is 1.67. The predicted octanol–water partition coefficient (Wildman–Crippen LogP) is 2.54. The number of hydrogen-bond donors (Lipinski definition) is 2. The quantitative estimate of drug-likeness (QED) is 0.842. The molecule has 110 valence electrons. The van der Waals surface area contributed by atoms with Gasteiger partial charge in [0.2, 0.25) is 0 Å². The Labute approximate surface area is 126 Å². The Hall–Kier alpha value is -2.12. The Balaban J connectivity index is 2.41. The number of benzene rings is 1. The summed E-state index contributed by atoms with van der Waals surface area (Å²) in [5.41, 5.74) is 0.789. The summed E-state index contributed by atoms with van der Waals surface area (Å²) in [6, 6.07) is 6.70. The van der Waals surface area contributed by atoms with E-state index in [1.807, 2.05) is 0 Å². The van der Waals surface area contributed by atoms with Crippen LogP contribution in [0.25, 0.3) is 0 Å². The van der Waals surface area contributed by atoms with Gasteiger partial charge in [-0.05, 0) is 36.8 Å². The fourth-order valence-corrected chi connectivity index (χ4v) is 2.99. The highest BCUT2D eigenvalue weighted by Gasteiger charge is 2.17. The number of aromatic carboxylic acids is 1. The SMILES string of the molecule is Cc1ccc(C(=O)O)cc1NS(=O)(=O)c1ccnc(Cl)c1. The maximum atomic E-state index is 12.2. The van der Waals surface area contributed by atoms with Crippen molar-refractivity contribution in [3.05, 3.63) is 52.8 Å². The first kappa shape index (κ1) is 15.3. The highest BCUT2D eigenvalue weighted by atomic mass is 35.5. The van der Waals surface area contributed by atoms with Crippen molar-refractivity contribution in [3.8, 4) is 0 Å². The van der Waals surface area contributed by atoms with Crippen molar-refractivity contribution in [3.63, 3.8) is 0 Å². The number of anilines is 1. The zero-order chi connectivity index (χ0) is 15.6. The summed E-state index contributed by atoms with van der Waals surface area (Å²) in [4.78, 5) is 14.6. The molecule has 0 aliphatic rings. The van der Waals surface area contributed by atoms with Gasteiger partial charge in [-0.2, -0.15) is 0 Å². The van der Waals surface area contributed by atoms with E-state index in [0.717, 1.165) is 0 Å². The van der Waals surface area contributed by atoms with Crippen LogP contribution in [0, 0.1) is 6.92 Å². The van der Waals surface area contributed by atoms with Crippen LogP contribution in [0.5, 0.6) is 0 Å². The number of hydrogen-bond acceptors (Lipinski definition) is 4. The van der Waals surface area contributed by atoms with Gasteiger partial charge in [0, 0.05) is 6.20 Å². The molecule has 1 heterocycles. The smallest absolute Gasteiger partial charge is 0.335 e. The van der Waals surface area contributed by atoms with Gasteiger partial charge in [-0.1, -0.05) is 17.7 Å². The fourth-order valence-electron chi connectivity index (χ4n) is 1.62. The second-order valence-electron chi connectivity index (χ2n) is 4.25. The summed E-state index contributed by atoms with van der Waals surface area (Å²) in [5, 5.41) is 9.00. The molecular formula is C13H11ClN2O4S. The van der Waals surface area contributed by atoms with E-state index < -0.39 is 16.0 Å². The van der Waals surface area contributed by atoms with Crippen molar-refractivity contribution in [1.29, 1.82) is 0 Å². The molecule has 8 heteroatoms. The molecule has 0 fully saturated rings. The van der Waals surface area contributed by atoms with Crippen molar-refractivity contribution >= 4 is 33.3 Å². The first-order valence-electron chi connectivity index (χ1n) is 5.78. The average molecular weight is 327 g/mol. The van der Waals surface area contributed by atoms with E-state index in [0.29, 0.717) is 5.56 Å². The lowest BCUT2D eigenvalue weighted by molar-refractivity contribution is 0.0697. The van der Waals surface area contributed by atoms with E-state index in [2.05, 4.69) is 9.71 Å². The van der Waals surface area contributed by atoms with Gasteiger partial charge in [-0.3, -0.25) is 4.72 Å². The standard InChI is InChI=1S/C13H11ClN2O4S/c1-8-2-3-9(13(17)18)6-11(8)16-21(19,20)10-4-5-15-12(14)7-10/h2-7,16H,1H3,(H,17,18). The van der Waals surface area contributed by atoms with Crippen molar-refractivity contribution in [2.75, 3.05) is 4.72 Å². The van der Waals surface area contributed by atoms with E-state index in [4.69, 9.17) is 16.7 Å². The van der Waals surface area contributed by atoms with Crippen LogP contribution in [0.3, 0.4) is 0 Å². The van der Waals surface area contributed by atoms with E-state index in [1.54, 1.807) is 6.92 Å². The molecular weight excluding hydrogens is 316 g/mol. The number of carbonyl (C=O) groups is 1. The topological polar surface area (TPSA) is 96.4 Å². The Morgan fingerprint density at radius 1 is 1.29 bits per heavy atom. The lowest BCUT2D eigenvalue weighted by Gasteiger charge is -2.11. The number of aryl methyl sites for hydroxylation is 1. The second-order valence-corrected chi connectivity index (χ2v) is 6.32. The first-order chi connectivity index (χ1) is 9.79. The van der Waals surface area contributed by atoms with E-state index in [1.165, 1.54) is 36.5 Å². The van der Waals surface area contributed by atoms with Crippen LogP contribution in [0.4, 0.5) is 5.69 Å². The second kappa shape index (κ2) is 5.71. The minimum Gasteiger partial charge on any atom is -0.478 e. The molecule has 0 spiro atoms. The molecule has 21 heavy (non-hydrogen) atoms. The van der Waals surface area contributed by atoms with Gasteiger partial charge < -0.3 is 5.11 Å². The number of carboxylic acid groups (broad SMARTS) is 1. The molecule has 0 radical (unpaired) electrons. The van der Waals surface area contributed by atoms with Gasteiger partial charge in [0.05, 0.1) is 16.1 Å². The molecule has 6 nitrogen and oxygen atoms in total. The normalized spacial score (nSPS) is 11.1. The molecule has 0 saturated heterocycles. The first-order valence-corrected chi connectivity index (χ1v) is 7.64. The van der Waals surface area contributed by atoms with Crippen LogP contribution < -0.4 is 4.72 Å². The minimum absolute atomic E-state index is 0.00828. The maximum absolute atomic E-state index is 12.2. The largest absolute Gasteiger partial charge is 0.478 e. The molecule has 1 aromatic carbocycles. The molecule has 0 bridgehead atoms. The average Bonchev–Trinajstić information content (AvgIpc) is 2.41. The highest BCUT2D eigenvalue weighted by molar-refractivity contribution is 7.92. The molecule has 0 aliphatic carbocycles. The zero-order valence-electron chi connectivity index (χ0n) is 10.9. The highest BCUT2D eigenvalue weighted by Crippen LogP contribution is 2.22. The minimum atomic E-state index is -3.87. The lowest BCUT2D eigenvalue weighted by Crippen LogP contribution is -2.14. The number of nitrogens with one attached hydrogen (secondary N) is 1. The summed E-state index contributed by atoms with van der Waals surface area (Å²) >= 11 is 5.67. The molecule has 0 aliphatic heterocycles. The van der Waals surface area contributed by atoms with Gasteiger partial charge in [0.15, 0.2) is 0 Å². The number of halogens is 1. The van der Waals surface area contributed by atoms with Crippen LogP contribution in [-0.2, 0) is 10.0 Å². The summed E-state index contributed by atoms with van der Waals surface area (Å²) in [5.74, 6) is -1.14. The molecule has 2 rings (SSSR count). The maximum Gasteiger partial charge on any atom is 0.335 e. The molecule has 2 aromatic rings. The molecule has 0 amide bonds. The van der Waals surface area contributed by atoms with Gasteiger partial charge in [0.1, 0.15) is 5.15 Å². The van der Waals surface area contributed by atoms with Gasteiger partial charge >= 0.3 is 5.97 Å². The monoisotopic (exact) mass is 326 g/mol. The van der Waals surface area contributed by atoms with E-state index in [-0.39, 0.29) is 21.3 Å². The number of nitrogens with zero attached hydrogens (tertiary/aromatic N) is 1.